The summed E-state index contributed by atoms with van der Waals surface area (Å²) in [6, 6.07) is 7.94. The largest absolute Gasteiger partial charge is 0.445 e. The fourth-order valence-corrected chi connectivity index (χ4v) is 1.91. The van der Waals surface area contributed by atoms with E-state index in [4.69, 9.17) is 9.15 Å². The number of halogens is 1. The first kappa shape index (κ1) is 13.1. The molecular weight excluding hydrogens is 296 g/mol. The van der Waals surface area contributed by atoms with Gasteiger partial charge in [-0.1, -0.05) is 35.0 Å². The summed E-state index contributed by atoms with van der Waals surface area (Å²) < 4.78 is 11.7. The van der Waals surface area contributed by atoms with Crippen LogP contribution >= 0.6 is 15.9 Å². The van der Waals surface area contributed by atoms with Gasteiger partial charge in [-0.2, -0.15) is 4.98 Å². The maximum Gasteiger partial charge on any atom is 0.394 e. The summed E-state index contributed by atoms with van der Waals surface area (Å²) in [4.78, 5) is 4.22. The lowest BCUT2D eigenvalue weighted by atomic mass is 10.2. The van der Waals surface area contributed by atoms with Crippen LogP contribution in [0.1, 0.15) is 18.2 Å². The Morgan fingerprint density at radius 3 is 3.11 bits per heavy atom. The number of ether oxygens (including phenoxy) is 1. The highest BCUT2D eigenvalue weighted by Crippen LogP contribution is 2.15. The van der Waals surface area contributed by atoms with Crippen molar-refractivity contribution in [3.05, 3.63) is 46.3 Å². The van der Waals surface area contributed by atoms with Gasteiger partial charge in [0, 0.05) is 11.0 Å². The minimum absolute atomic E-state index is 0.308. The second kappa shape index (κ2) is 6.56. The van der Waals surface area contributed by atoms with E-state index in [0.717, 1.165) is 22.3 Å². The summed E-state index contributed by atoms with van der Waals surface area (Å²) in [6.45, 7) is 4.09. The molecule has 1 heterocycles. The molecule has 96 valence electrons. The van der Waals surface area contributed by atoms with Crippen molar-refractivity contribution >= 4 is 15.9 Å². The molecule has 0 aliphatic carbocycles. The van der Waals surface area contributed by atoms with Gasteiger partial charge in [-0.25, -0.2) is 0 Å². The van der Waals surface area contributed by atoms with Gasteiger partial charge in [0.15, 0.2) is 0 Å². The minimum Gasteiger partial charge on any atom is -0.445 e. The minimum atomic E-state index is 0.308. The Balaban J connectivity index is 1.88. The van der Waals surface area contributed by atoms with E-state index in [1.165, 1.54) is 0 Å². The van der Waals surface area contributed by atoms with E-state index < -0.39 is 0 Å². The van der Waals surface area contributed by atoms with E-state index in [9.17, 15) is 0 Å². The average molecular weight is 311 g/mol. The maximum atomic E-state index is 5.48. The normalized spacial score (nSPS) is 10.6. The third-order valence-electron chi connectivity index (χ3n) is 2.34. The van der Waals surface area contributed by atoms with Gasteiger partial charge in [-0.15, -0.1) is 0 Å². The summed E-state index contributed by atoms with van der Waals surface area (Å²) in [5, 5.41) is 3.17. The van der Waals surface area contributed by atoms with Crippen molar-refractivity contribution in [3.8, 4) is 6.08 Å². The molecule has 0 atom stereocenters. The van der Waals surface area contributed by atoms with Crippen LogP contribution < -0.4 is 10.1 Å². The summed E-state index contributed by atoms with van der Waals surface area (Å²) >= 11 is 3.42. The summed E-state index contributed by atoms with van der Waals surface area (Å²) in [6.07, 6.45) is 1.92. The zero-order valence-electron chi connectivity index (χ0n) is 10.1. The molecule has 0 amide bonds. The van der Waals surface area contributed by atoms with E-state index in [1.807, 2.05) is 31.2 Å². The van der Waals surface area contributed by atoms with Crippen molar-refractivity contribution in [3.63, 3.8) is 0 Å². The van der Waals surface area contributed by atoms with Gasteiger partial charge in [0.25, 0.3) is 0 Å². The molecule has 0 aliphatic rings. The van der Waals surface area contributed by atoms with Crippen LogP contribution in [0.2, 0.25) is 0 Å². The molecule has 2 rings (SSSR count). The zero-order valence-corrected chi connectivity index (χ0v) is 11.7. The van der Waals surface area contributed by atoms with Crippen LogP contribution in [-0.4, -0.2) is 11.5 Å². The van der Waals surface area contributed by atoms with Crippen LogP contribution in [0.15, 0.2) is 39.4 Å². The quantitative estimate of drug-likeness (QED) is 0.890. The molecule has 2 aromatic rings. The molecule has 0 bridgehead atoms. The van der Waals surface area contributed by atoms with E-state index in [2.05, 4.69) is 26.2 Å². The molecule has 1 aromatic heterocycles. The number of aromatic nitrogens is 1. The molecule has 0 unspecified atom stereocenters. The Morgan fingerprint density at radius 2 is 2.33 bits per heavy atom. The monoisotopic (exact) mass is 310 g/mol. The molecule has 0 radical (unpaired) electrons. The topological polar surface area (TPSA) is 47.3 Å². The van der Waals surface area contributed by atoms with Crippen molar-refractivity contribution in [1.29, 1.82) is 0 Å². The molecule has 0 spiro atoms. The third-order valence-corrected chi connectivity index (χ3v) is 2.83. The Hall–Kier alpha value is -1.33. The van der Waals surface area contributed by atoms with Gasteiger partial charge in [-0.3, -0.25) is 0 Å². The van der Waals surface area contributed by atoms with Gasteiger partial charge in [0.2, 0.25) is 0 Å². The second-order valence-corrected chi connectivity index (χ2v) is 4.72. The molecule has 0 saturated carbocycles. The molecular formula is C13H15BrN2O2. The first-order valence-electron chi connectivity index (χ1n) is 5.80. The maximum absolute atomic E-state index is 5.48. The third kappa shape index (κ3) is 3.85. The van der Waals surface area contributed by atoms with E-state index in [-0.39, 0.29) is 0 Å². The summed E-state index contributed by atoms with van der Waals surface area (Å²) in [7, 11) is 0. The van der Waals surface area contributed by atoms with Gasteiger partial charge in [0.1, 0.15) is 12.9 Å². The fourth-order valence-electron chi connectivity index (χ4n) is 1.46. The molecule has 1 N–H and O–H groups in total. The van der Waals surface area contributed by atoms with Crippen molar-refractivity contribution in [2.75, 3.05) is 6.54 Å². The van der Waals surface area contributed by atoms with Crippen molar-refractivity contribution < 1.29 is 9.15 Å². The van der Waals surface area contributed by atoms with Crippen molar-refractivity contribution in [2.45, 2.75) is 20.1 Å². The van der Waals surface area contributed by atoms with Crippen LogP contribution in [0.5, 0.6) is 6.08 Å². The van der Waals surface area contributed by atoms with Crippen molar-refractivity contribution in [2.24, 2.45) is 0 Å². The van der Waals surface area contributed by atoms with Gasteiger partial charge < -0.3 is 14.5 Å². The highest BCUT2D eigenvalue weighted by molar-refractivity contribution is 9.10. The van der Waals surface area contributed by atoms with Crippen LogP contribution in [0, 0.1) is 0 Å². The molecule has 0 fully saturated rings. The van der Waals surface area contributed by atoms with Gasteiger partial charge in [-0.05, 0) is 24.2 Å². The lowest BCUT2D eigenvalue weighted by Crippen LogP contribution is -2.11. The molecule has 5 heteroatoms. The number of hydrogen-bond acceptors (Lipinski definition) is 4. The fraction of sp³-hybridized carbons (Fsp3) is 0.308. The smallest absolute Gasteiger partial charge is 0.394 e. The Labute approximate surface area is 114 Å². The van der Waals surface area contributed by atoms with E-state index >= 15 is 0 Å². The predicted octanol–water partition coefficient (Wildman–Crippen LogP) is 3.13. The van der Waals surface area contributed by atoms with Crippen LogP contribution in [-0.2, 0) is 13.2 Å². The van der Waals surface area contributed by atoms with Crippen molar-refractivity contribution in [1.82, 2.24) is 10.3 Å². The molecule has 1 aromatic carbocycles. The van der Waals surface area contributed by atoms with Gasteiger partial charge in [0.05, 0.1) is 5.69 Å². The Bertz CT molecular complexity index is 499. The number of oxazole rings is 1. The summed E-state index contributed by atoms with van der Waals surface area (Å²) in [5.41, 5.74) is 1.91. The number of nitrogens with zero attached hydrogens (tertiary/aromatic N) is 1. The number of hydrogen-bond donors (Lipinski definition) is 1. The highest BCUT2D eigenvalue weighted by atomic mass is 79.9. The van der Waals surface area contributed by atoms with E-state index in [1.54, 1.807) is 6.26 Å². The lowest BCUT2D eigenvalue weighted by Gasteiger charge is -2.01. The molecule has 0 saturated heterocycles. The lowest BCUT2D eigenvalue weighted by molar-refractivity contribution is 0.220. The Kier molecular flexibility index (Phi) is 4.78. The Morgan fingerprint density at radius 1 is 1.44 bits per heavy atom. The SMILES string of the molecule is CCNCc1coc(OCc2cccc(Br)c2)n1. The van der Waals surface area contributed by atoms with Crippen LogP contribution in [0.4, 0.5) is 0 Å². The molecule has 0 aliphatic heterocycles. The van der Waals surface area contributed by atoms with Crippen LogP contribution in [0.3, 0.4) is 0 Å². The number of nitrogens with one attached hydrogen (secondary N) is 1. The number of rotatable bonds is 6. The van der Waals surface area contributed by atoms with E-state index in [0.29, 0.717) is 19.2 Å². The summed E-state index contributed by atoms with van der Waals surface area (Å²) in [5.74, 6) is 0. The predicted molar refractivity (Wildman–Crippen MR) is 72.4 cm³/mol. The second-order valence-electron chi connectivity index (χ2n) is 3.80. The zero-order chi connectivity index (χ0) is 12.8. The highest BCUT2D eigenvalue weighted by Gasteiger charge is 2.05. The average Bonchev–Trinajstić information content (AvgIpc) is 2.82. The molecule has 18 heavy (non-hydrogen) atoms. The first-order chi connectivity index (χ1) is 8.78. The standard InChI is InChI=1S/C13H15BrN2O2/c1-2-15-7-12-9-18-13(16-12)17-8-10-4-3-5-11(14)6-10/h3-6,9,15H,2,7-8H2,1H3. The number of benzene rings is 1. The van der Waals surface area contributed by atoms with Crippen LogP contribution in [0.25, 0.3) is 0 Å². The molecule has 4 nitrogen and oxygen atoms in total. The van der Waals surface area contributed by atoms with Gasteiger partial charge >= 0.3 is 6.08 Å². The first-order valence-corrected chi connectivity index (χ1v) is 6.59.